The van der Waals surface area contributed by atoms with Crippen LogP contribution >= 0.6 is 11.3 Å². The fraction of sp³-hybridized carbons (Fsp3) is 0.625. The molecular formula is C16H21NO3S. The van der Waals surface area contributed by atoms with E-state index >= 15 is 0 Å². The highest BCUT2D eigenvalue weighted by Crippen LogP contribution is 2.41. The fourth-order valence-electron chi connectivity index (χ4n) is 3.84. The van der Waals surface area contributed by atoms with Crippen molar-refractivity contribution in [3.05, 3.63) is 21.4 Å². The Hall–Kier alpha value is -1.36. The third-order valence-electron chi connectivity index (χ3n) is 4.91. The predicted molar refractivity (Wildman–Crippen MR) is 81.7 cm³/mol. The molecule has 2 aliphatic heterocycles. The minimum atomic E-state index is -0.719. The van der Waals surface area contributed by atoms with Crippen molar-refractivity contribution in [2.45, 2.75) is 58.0 Å². The number of carboxylic acid groups (broad SMARTS) is 1. The standard InChI is InChI=1S/C16H21NO3S/c1-9-5-14(21-10(9)2)16(20)17-12-3-4-13(17)7-11(6-12)8-15(18)19/h5,11-13H,3-4,6-8H2,1-2H3,(H,18,19). The van der Waals surface area contributed by atoms with Crippen molar-refractivity contribution in [2.24, 2.45) is 5.92 Å². The van der Waals surface area contributed by atoms with Crippen LogP contribution in [0.25, 0.3) is 0 Å². The lowest BCUT2D eigenvalue weighted by Crippen LogP contribution is -2.46. The number of hydrogen-bond donors (Lipinski definition) is 1. The number of hydrogen-bond acceptors (Lipinski definition) is 3. The highest BCUT2D eigenvalue weighted by molar-refractivity contribution is 7.14. The Labute approximate surface area is 128 Å². The Balaban J connectivity index is 1.75. The summed E-state index contributed by atoms with van der Waals surface area (Å²) in [4.78, 5) is 27.8. The Morgan fingerprint density at radius 3 is 2.38 bits per heavy atom. The van der Waals surface area contributed by atoms with E-state index in [9.17, 15) is 9.59 Å². The molecular weight excluding hydrogens is 286 g/mol. The summed E-state index contributed by atoms with van der Waals surface area (Å²) in [7, 11) is 0. The van der Waals surface area contributed by atoms with Gasteiger partial charge in [0.05, 0.1) is 4.88 Å². The first kappa shape index (κ1) is 14.6. The molecule has 1 N–H and O–H groups in total. The van der Waals surface area contributed by atoms with Gasteiger partial charge in [-0.1, -0.05) is 0 Å². The Bertz CT molecular complexity index is 547. The first-order valence-electron chi connectivity index (χ1n) is 7.57. The van der Waals surface area contributed by atoms with Crippen molar-refractivity contribution < 1.29 is 14.7 Å². The van der Waals surface area contributed by atoms with Gasteiger partial charge in [-0.05, 0) is 57.1 Å². The van der Waals surface area contributed by atoms with Gasteiger partial charge >= 0.3 is 5.97 Å². The molecule has 2 saturated heterocycles. The maximum atomic E-state index is 12.8. The van der Waals surface area contributed by atoms with E-state index in [0.717, 1.165) is 30.6 Å². The topological polar surface area (TPSA) is 57.6 Å². The molecule has 5 heteroatoms. The normalized spacial score (nSPS) is 27.9. The molecule has 2 atom stereocenters. The van der Waals surface area contributed by atoms with Crippen molar-refractivity contribution in [2.75, 3.05) is 0 Å². The molecule has 2 bridgehead atoms. The summed E-state index contributed by atoms with van der Waals surface area (Å²) in [5.41, 5.74) is 1.18. The van der Waals surface area contributed by atoms with Gasteiger partial charge in [-0.2, -0.15) is 0 Å². The molecule has 0 saturated carbocycles. The van der Waals surface area contributed by atoms with E-state index in [4.69, 9.17) is 5.11 Å². The quantitative estimate of drug-likeness (QED) is 0.932. The predicted octanol–water partition coefficient (Wildman–Crippen LogP) is 3.22. The third kappa shape index (κ3) is 2.71. The SMILES string of the molecule is Cc1cc(C(=O)N2C3CCC2CC(CC(=O)O)C3)sc1C. The minimum Gasteiger partial charge on any atom is -0.481 e. The number of amides is 1. The lowest BCUT2D eigenvalue weighted by atomic mass is 9.88. The molecule has 0 spiro atoms. The van der Waals surface area contributed by atoms with E-state index in [1.165, 1.54) is 10.4 Å². The number of nitrogens with zero attached hydrogens (tertiary/aromatic N) is 1. The van der Waals surface area contributed by atoms with E-state index in [0.29, 0.717) is 0 Å². The molecule has 1 aromatic heterocycles. The van der Waals surface area contributed by atoms with Gasteiger partial charge in [-0.25, -0.2) is 0 Å². The summed E-state index contributed by atoms with van der Waals surface area (Å²) < 4.78 is 0. The molecule has 3 rings (SSSR count). The molecule has 1 amide bonds. The lowest BCUT2D eigenvalue weighted by Gasteiger charge is -2.38. The number of aliphatic carboxylic acids is 1. The van der Waals surface area contributed by atoms with E-state index < -0.39 is 5.97 Å². The van der Waals surface area contributed by atoms with Crippen molar-refractivity contribution in [3.8, 4) is 0 Å². The number of piperidine rings is 1. The number of thiophene rings is 1. The summed E-state index contributed by atoms with van der Waals surface area (Å²) in [5, 5.41) is 8.97. The molecule has 0 radical (unpaired) electrons. The fourth-order valence-corrected chi connectivity index (χ4v) is 4.82. The molecule has 0 aromatic carbocycles. The van der Waals surface area contributed by atoms with E-state index in [1.54, 1.807) is 11.3 Å². The second kappa shape index (κ2) is 5.44. The van der Waals surface area contributed by atoms with Crippen LogP contribution in [0.1, 0.15) is 52.2 Å². The van der Waals surface area contributed by atoms with E-state index in [2.05, 4.69) is 0 Å². The summed E-state index contributed by atoms with van der Waals surface area (Å²) in [6.07, 6.45) is 3.98. The second-order valence-electron chi connectivity index (χ2n) is 6.38. The van der Waals surface area contributed by atoms with Gasteiger partial charge in [0.1, 0.15) is 0 Å². The number of carbonyl (C=O) groups excluding carboxylic acids is 1. The average Bonchev–Trinajstić information content (AvgIpc) is 2.87. The van der Waals surface area contributed by atoms with Crippen LogP contribution in [0.15, 0.2) is 6.07 Å². The number of rotatable bonds is 3. The maximum absolute atomic E-state index is 12.8. The minimum absolute atomic E-state index is 0.150. The van der Waals surface area contributed by atoms with Gasteiger partial charge in [0, 0.05) is 23.4 Å². The number of carboxylic acids is 1. The molecule has 3 heterocycles. The summed E-state index contributed by atoms with van der Waals surface area (Å²) in [6, 6.07) is 2.47. The highest BCUT2D eigenvalue weighted by atomic mass is 32.1. The van der Waals surface area contributed by atoms with E-state index in [-0.39, 0.29) is 30.3 Å². The second-order valence-corrected chi connectivity index (χ2v) is 7.64. The summed E-state index contributed by atoms with van der Waals surface area (Å²) in [6.45, 7) is 4.08. The zero-order valence-corrected chi connectivity index (χ0v) is 13.3. The Kier molecular flexibility index (Phi) is 3.78. The zero-order valence-electron chi connectivity index (χ0n) is 12.5. The van der Waals surface area contributed by atoms with Crippen molar-refractivity contribution in [1.29, 1.82) is 0 Å². The third-order valence-corrected chi connectivity index (χ3v) is 6.05. The number of carbonyl (C=O) groups is 2. The van der Waals surface area contributed by atoms with Crippen LogP contribution in [0.2, 0.25) is 0 Å². The van der Waals surface area contributed by atoms with Crippen LogP contribution in [-0.4, -0.2) is 34.0 Å². The van der Waals surface area contributed by atoms with Gasteiger partial charge < -0.3 is 10.0 Å². The van der Waals surface area contributed by atoms with Gasteiger partial charge in [0.25, 0.3) is 5.91 Å². The van der Waals surface area contributed by atoms with Gasteiger partial charge in [-0.3, -0.25) is 9.59 Å². The molecule has 114 valence electrons. The van der Waals surface area contributed by atoms with E-state index in [1.807, 2.05) is 24.8 Å². The molecule has 2 aliphatic rings. The van der Waals surface area contributed by atoms with Crippen molar-refractivity contribution in [3.63, 3.8) is 0 Å². The lowest BCUT2D eigenvalue weighted by molar-refractivity contribution is -0.138. The average molecular weight is 307 g/mol. The Morgan fingerprint density at radius 1 is 1.29 bits per heavy atom. The first-order valence-corrected chi connectivity index (χ1v) is 8.39. The Morgan fingerprint density at radius 2 is 1.90 bits per heavy atom. The van der Waals surface area contributed by atoms with Crippen molar-refractivity contribution >= 4 is 23.2 Å². The van der Waals surface area contributed by atoms with Crippen molar-refractivity contribution in [1.82, 2.24) is 4.90 Å². The summed E-state index contributed by atoms with van der Waals surface area (Å²) in [5.74, 6) is -0.336. The van der Waals surface area contributed by atoms with Crippen LogP contribution in [0.5, 0.6) is 0 Å². The smallest absolute Gasteiger partial charge is 0.303 e. The molecule has 2 fully saturated rings. The monoisotopic (exact) mass is 307 g/mol. The van der Waals surface area contributed by atoms with Crippen LogP contribution in [0.3, 0.4) is 0 Å². The zero-order chi connectivity index (χ0) is 15.1. The number of aryl methyl sites for hydroxylation is 2. The van der Waals surface area contributed by atoms with Crippen LogP contribution < -0.4 is 0 Å². The first-order chi connectivity index (χ1) is 9.95. The molecule has 4 nitrogen and oxygen atoms in total. The van der Waals surface area contributed by atoms with Crippen LogP contribution in [0, 0.1) is 19.8 Å². The van der Waals surface area contributed by atoms with Crippen LogP contribution in [-0.2, 0) is 4.79 Å². The van der Waals surface area contributed by atoms with Gasteiger partial charge in [0.2, 0.25) is 0 Å². The van der Waals surface area contributed by atoms with Gasteiger partial charge in [0.15, 0.2) is 0 Å². The molecule has 0 aliphatic carbocycles. The molecule has 21 heavy (non-hydrogen) atoms. The van der Waals surface area contributed by atoms with Crippen LogP contribution in [0.4, 0.5) is 0 Å². The largest absolute Gasteiger partial charge is 0.481 e. The molecule has 1 aromatic rings. The highest BCUT2D eigenvalue weighted by Gasteiger charge is 2.44. The van der Waals surface area contributed by atoms with Gasteiger partial charge in [-0.15, -0.1) is 11.3 Å². The maximum Gasteiger partial charge on any atom is 0.303 e. The summed E-state index contributed by atoms with van der Waals surface area (Å²) >= 11 is 1.57. The number of fused-ring (bicyclic) bond motifs is 2. The molecule has 2 unspecified atom stereocenters.